The van der Waals surface area contributed by atoms with Crippen LogP contribution in [0.5, 0.6) is 0 Å². The zero-order valence-corrected chi connectivity index (χ0v) is 15.1. The Morgan fingerprint density at radius 1 is 1.22 bits per heavy atom. The average molecular weight is 395 g/mol. The molecule has 142 valence electrons. The van der Waals surface area contributed by atoms with Crippen molar-refractivity contribution in [2.75, 3.05) is 10.6 Å². The molecular weight excluding hydrogens is 378 g/mol. The van der Waals surface area contributed by atoms with Gasteiger partial charge in [0.25, 0.3) is 0 Å². The summed E-state index contributed by atoms with van der Waals surface area (Å²) in [6.45, 7) is 0. The number of aliphatic hydroxyl groups excluding tert-OH is 1. The summed E-state index contributed by atoms with van der Waals surface area (Å²) in [5, 5.41) is 15.4. The molecule has 2 aromatic heterocycles. The number of rotatable bonds is 4. The van der Waals surface area contributed by atoms with Crippen molar-refractivity contribution in [2.45, 2.75) is 31.4 Å². The molecule has 3 N–H and O–H groups in total. The van der Waals surface area contributed by atoms with Crippen LogP contribution in [0.3, 0.4) is 0 Å². The van der Waals surface area contributed by atoms with Gasteiger partial charge in [-0.2, -0.15) is 4.98 Å². The third-order valence-electron chi connectivity index (χ3n) is 4.59. The first-order chi connectivity index (χ1) is 12.9. The number of aromatic nitrogens is 4. The first-order valence-corrected chi connectivity index (χ1v) is 8.84. The van der Waals surface area contributed by atoms with Crippen molar-refractivity contribution in [3.05, 3.63) is 35.0 Å². The number of nitrogens with zero attached hydrogens (tertiary/aromatic N) is 4. The summed E-state index contributed by atoms with van der Waals surface area (Å²) < 4.78 is 29.6. The number of imidazole rings is 1. The van der Waals surface area contributed by atoms with Gasteiger partial charge in [-0.3, -0.25) is 4.57 Å². The molecule has 0 spiro atoms. The van der Waals surface area contributed by atoms with Crippen LogP contribution in [0, 0.1) is 11.6 Å². The Morgan fingerprint density at radius 2 is 1.96 bits per heavy atom. The van der Waals surface area contributed by atoms with Gasteiger partial charge < -0.3 is 15.7 Å². The monoisotopic (exact) mass is 394 g/mol. The van der Waals surface area contributed by atoms with Gasteiger partial charge in [0.15, 0.2) is 17.3 Å². The van der Waals surface area contributed by atoms with E-state index < -0.39 is 11.6 Å². The molecule has 7 nitrogen and oxygen atoms in total. The van der Waals surface area contributed by atoms with E-state index in [1.807, 2.05) is 0 Å². The molecule has 0 aliphatic heterocycles. The summed E-state index contributed by atoms with van der Waals surface area (Å²) in [6.07, 6.45) is 3.47. The van der Waals surface area contributed by atoms with Crippen molar-refractivity contribution >= 4 is 40.3 Å². The second-order valence-corrected chi connectivity index (χ2v) is 7.01. The van der Waals surface area contributed by atoms with Crippen LogP contribution < -0.4 is 10.6 Å². The molecule has 0 unspecified atom stereocenters. The third kappa shape index (κ3) is 3.52. The maximum absolute atomic E-state index is 14.0. The summed E-state index contributed by atoms with van der Waals surface area (Å²) in [5.41, 5.74) is 0.638. The minimum atomic E-state index is -0.819. The zero-order valence-electron chi connectivity index (χ0n) is 14.4. The fraction of sp³-hybridized carbons (Fsp3) is 0.353. The number of aliphatic hydroxyl groups is 1. The van der Waals surface area contributed by atoms with E-state index in [-0.39, 0.29) is 28.8 Å². The number of fused-ring (bicyclic) bond motifs is 1. The van der Waals surface area contributed by atoms with Gasteiger partial charge in [-0.25, -0.2) is 18.7 Å². The number of halogens is 3. The zero-order chi connectivity index (χ0) is 19.1. The van der Waals surface area contributed by atoms with Gasteiger partial charge in [0.05, 0.1) is 12.3 Å². The summed E-state index contributed by atoms with van der Waals surface area (Å²) in [7, 11) is 1.68. The van der Waals surface area contributed by atoms with Crippen molar-refractivity contribution in [1.29, 1.82) is 0 Å². The molecule has 10 heteroatoms. The Hall–Kier alpha value is -2.52. The Kier molecular flexibility index (Phi) is 4.56. The predicted octanol–water partition coefficient (Wildman–Crippen LogP) is 3.36. The molecule has 1 aromatic carbocycles. The van der Waals surface area contributed by atoms with Gasteiger partial charge in [-0.1, -0.05) is 11.6 Å². The molecule has 0 saturated heterocycles. The molecule has 27 heavy (non-hydrogen) atoms. The molecule has 0 bridgehead atoms. The molecule has 1 aliphatic carbocycles. The van der Waals surface area contributed by atoms with Crippen LogP contribution in [0.25, 0.3) is 11.2 Å². The minimum Gasteiger partial charge on any atom is -0.393 e. The first-order valence-electron chi connectivity index (χ1n) is 8.46. The maximum Gasteiger partial charge on any atom is 0.224 e. The van der Waals surface area contributed by atoms with E-state index in [0.717, 1.165) is 25.0 Å². The smallest absolute Gasteiger partial charge is 0.224 e. The topological polar surface area (TPSA) is 87.9 Å². The van der Waals surface area contributed by atoms with Gasteiger partial charge in [0.2, 0.25) is 11.9 Å². The van der Waals surface area contributed by atoms with Crippen LogP contribution in [0.2, 0.25) is 5.02 Å². The summed E-state index contributed by atoms with van der Waals surface area (Å²) >= 11 is 5.65. The van der Waals surface area contributed by atoms with Gasteiger partial charge in [0, 0.05) is 18.1 Å². The van der Waals surface area contributed by atoms with Crippen LogP contribution >= 0.6 is 11.6 Å². The van der Waals surface area contributed by atoms with E-state index in [2.05, 4.69) is 25.6 Å². The van der Waals surface area contributed by atoms with Crippen molar-refractivity contribution in [2.24, 2.45) is 7.05 Å². The quantitative estimate of drug-likeness (QED) is 0.629. The lowest BCUT2D eigenvalue weighted by Crippen LogP contribution is -2.18. The standard InChI is InChI=1S/C17H17ClF2N6O/c1-26-15-13(7-21-16(25-15)22-9-2-3-10(27)6-9)23-17(26)24-14-11(19)4-8(18)5-12(14)20/h4-5,7,9-10,27H,2-3,6H2,1H3,(H,23,24)(H,21,22,25)/t9-,10+/m1/s1. The highest BCUT2D eigenvalue weighted by Crippen LogP contribution is 2.28. The number of anilines is 3. The number of hydrogen-bond donors (Lipinski definition) is 3. The molecule has 2 heterocycles. The van der Waals surface area contributed by atoms with Gasteiger partial charge in [-0.05, 0) is 31.4 Å². The van der Waals surface area contributed by atoms with E-state index >= 15 is 0 Å². The van der Waals surface area contributed by atoms with E-state index in [9.17, 15) is 13.9 Å². The summed E-state index contributed by atoms with van der Waals surface area (Å²) in [6, 6.07) is 2.15. The lowest BCUT2D eigenvalue weighted by Gasteiger charge is -2.11. The highest BCUT2D eigenvalue weighted by Gasteiger charge is 2.23. The fourth-order valence-electron chi connectivity index (χ4n) is 3.21. The van der Waals surface area contributed by atoms with Crippen molar-refractivity contribution in [3.63, 3.8) is 0 Å². The van der Waals surface area contributed by atoms with Crippen LogP contribution in [-0.4, -0.2) is 36.8 Å². The predicted molar refractivity (Wildman–Crippen MR) is 98.2 cm³/mol. The van der Waals surface area contributed by atoms with Crippen LogP contribution in [0.15, 0.2) is 18.3 Å². The first kappa shape index (κ1) is 17.9. The highest BCUT2D eigenvalue weighted by atomic mass is 35.5. The van der Waals surface area contributed by atoms with E-state index in [1.54, 1.807) is 11.6 Å². The Morgan fingerprint density at radius 3 is 2.63 bits per heavy atom. The number of nitrogens with one attached hydrogen (secondary N) is 2. The van der Waals surface area contributed by atoms with Gasteiger partial charge in [-0.15, -0.1) is 0 Å². The molecule has 2 atom stereocenters. The second-order valence-electron chi connectivity index (χ2n) is 6.57. The maximum atomic E-state index is 14.0. The lowest BCUT2D eigenvalue weighted by molar-refractivity contribution is 0.182. The molecule has 0 amide bonds. The molecule has 1 aliphatic rings. The average Bonchev–Trinajstić information content (AvgIpc) is 3.15. The van der Waals surface area contributed by atoms with Gasteiger partial charge >= 0.3 is 0 Å². The number of aryl methyl sites for hydroxylation is 1. The van der Waals surface area contributed by atoms with E-state index in [0.29, 0.717) is 23.5 Å². The van der Waals surface area contributed by atoms with Crippen molar-refractivity contribution in [1.82, 2.24) is 19.5 Å². The number of benzene rings is 1. The van der Waals surface area contributed by atoms with Crippen molar-refractivity contribution < 1.29 is 13.9 Å². The van der Waals surface area contributed by atoms with E-state index in [4.69, 9.17) is 11.6 Å². The molecule has 3 aromatic rings. The van der Waals surface area contributed by atoms with Crippen LogP contribution in [0.4, 0.5) is 26.4 Å². The normalized spacial score (nSPS) is 19.6. The minimum absolute atomic E-state index is 0.0286. The van der Waals surface area contributed by atoms with E-state index in [1.165, 1.54) is 6.20 Å². The molecular formula is C17H17ClF2N6O. The summed E-state index contributed by atoms with van der Waals surface area (Å²) in [5.74, 6) is -1.01. The lowest BCUT2D eigenvalue weighted by atomic mass is 10.2. The second kappa shape index (κ2) is 6.90. The Labute approximate surface area is 158 Å². The van der Waals surface area contributed by atoms with Crippen molar-refractivity contribution in [3.8, 4) is 0 Å². The van der Waals surface area contributed by atoms with Gasteiger partial charge in [0.1, 0.15) is 11.2 Å². The summed E-state index contributed by atoms with van der Waals surface area (Å²) in [4.78, 5) is 13.0. The highest BCUT2D eigenvalue weighted by molar-refractivity contribution is 6.30. The largest absolute Gasteiger partial charge is 0.393 e. The fourth-order valence-corrected chi connectivity index (χ4v) is 3.40. The van der Waals surface area contributed by atoms with Crippen LogP contribution in [0.1, 0.15) is 19.3 Å². The van der Waals surface area contributed by atoms with Crippen LogP contribution in [-0.2, 0) is 7.05 Å². The SMILES string of the molecule is Cn1c(Nc2c(F)cc(Cl)cc2F)nc2cnc(N[C@@H]3CC[C@H](O)C3)nc21. The molecule has 1 saturated carbocycles. The Bertz CT molecular complexity index is 987. The molecule has 1 fully saturated rings. The molecule has 0 radical (unpaired) electrons. The third-order valence-corrected chi connectivity index (χ3v) is 4.81. The molecule has 4 rings (SSSR count). The number of hydrogen-bond acceptors (Lipinski definition) is 6. The Balaban J connectivity index is 1.62.